The molecule has 1 heterocycles. The zero-order valence-electron chi connectivity index (χ0n) is 9.53. The fourth-order valence-electron chi connectivity index (χ4n) is 1.28. The van der Waals surface area contributed by atoms with Gasteiger partial charge in [0.25, 0.3) is 0 Å². The molecule has 1 aromatic rings. The van der Waals surface area contributed by atoms with Crippen molar-refractivity contribution < 1.29 is 9.90 Å². The number of rotatable bonds is 5. The van der Waals surface area contributed by atoms with Crippen molar-refractivity contribution in [3.8, 4) is 0 Å². The third kappa shape index (κ3) is 3.12. The van der Waals surface area contributed by atoms with E-state index in [0.717, 1.165) is 13.0 Å². The summed E-state index contributed by atoms with van der Waals surface area (Å²) in [5.74, 6) is -0.0104. The Kier molecular flexibility index (Phi) is 4.10. The summed E-state index contributed by atoms with van der Waals surface area (Å²) in [6, 6.07) is 1.39. The van der Waals surface area contributed by atoms with Gasteiger partial charge in [0.05, 0.1) is 11.3 Å². The van der Waals surface area contributed by atoms with Crippen LogP contribution in [-0.4, -0.2) is 22.6 Å². The second kappa shape index (κ2) is 5.34. The fraction of sp³-hybridized carbons (Fsp3) is 0.455. The molecular weight excluding hydrogens is 206 g/mol. The molecule has 88 valence electrons. The Hall–Kier alpha value is -1.78. The molecule has 0 radical (unpaired) electrons. The molecule has 0 bridgehead atoms. The van der Waals surface area contributed by atoms with Crippen LogP contribution in [0.25, 0.3) is 0 Å². The molecule has 5 nitrogen and oxygen atoms in total. The van der Waals surface area contributed by atoms with Gasteiger partial charge >= 0.3 is 5.97 Å². The molecule has 4 N–H and O–H groups in total. The number of carbonyl (C=O) groups is 1. The second-order valence-electron chi connectivity index (χ2n) is 4.04. The smallest absolute Gasteiger partial charge is 0.337 e. The van der Waals surface area contributed by atoms with Gasteiger partial charge in [0.2, 0.25) is 0 Å². The summed E-state index contributed by atoms with van der Waals surface area (Å²) < 4.78 is 0. The Morgan fingerprint density at radius 1 is 1.62 bits per heavy atom. The number of pyridine rings is 1. The summed E-state index contributed by atoms with van der Waals surface area (Å²) in [5.41, 5.74) is 5.97. The van der Waals surface area contributed by atoms with Gasteiger partial charge in [-0.1, -0.05) is 13.8 Å². The first-order valence-electron chi connectivity index (χ1n) is 5.24. The standard InChI is InChI=1S/C11H17N3O2/c1-7(2)3-5-13-10-9(12)8(11(15)16)4-6-14-10/h4,6-7H,3,5,12H2,1-2H3,(H,13,14)(H,15,16). The average Bonchev–Trinajstić information content (AvgIpc) is 2.19. The number of anilines is 2. The molecule has 0 fully saturated rings. The van der Waals surface area contributed by atoms with Gasteiger partial charge in [0.1, 0.15) is 5.82 Å². The van der Waals surface area contributed by atoms with E-state index in [2.05, 4.69) is 24.1 Å². The average molecular weight is 223 g/mol. The number of nitrogens with zero attached hydrogens (tertiary/aromatic N) is 1. The highest BCUT2D eigenvalue weighted by atomic mass is 16.4. The molecular formula is C11H17N3O2. The lowest BCUT2D eigenvalue weighted by molar-refractivity contribution is 0.0698. The minimum atomic E-state index is -1.04. The van der Waals surface area contributed by atoms with Crippen molar-refractivity contribution in [3.63, 3.8) is 0 Å². The van der Waals surface area contributed by atoms with Crippen molar-refractivity contribution in [2.24, 2.45) is 5.92 Å². The first-order valence-corrected chi connectivity index (χ1v) is 5.24. The van der Waals surface area contributed by atoms with Crippen LogP contribution < -0.4 is 11.1 Å². The molecule has 1 rings (SSSR count). The Labute approximate surface area is 94.7 Å². The van der Waals surface area contributed by atoms with E-state index in [0.29, 0.717) is 11.7 Å². The fourth-order valence-corrected chi connectivity index (χ4v) is 1.28. The van der Waals surface area contributed by atoms with Gasteiger partial charge in [0.15, 0.2) is 0 Å². The summed E-state index contributed by atoms with van der Waals surface area (Å²) in [7, 11) is 0. The molecule has 16 heavy (non-hydrogen) atoms. The summed E-state index contributed by atoms with van der Waals surface area (Å²) in [6.07, 6.45) is 2.43. The Morgan fingerprint density at radius 3 is 2.88 bits per heavy atom. The van der Waals surface area contributed by atoms with Crippen LogP contribution in [0.3, 0.4) is 0 Å². The van der Waals surface area contributed by atoms with Crippen LogP contribution in [0.2, 0.25) is 0 Å². The maximum absolute atomic E-state index is 10.8. The second-order valence-corrected chi connectivity index (χ2v) is 4.04. The van der Waals surface area contributed by atoms with Crippen LogP contribution in [0.4, 0.5) is 11.5 Å². The van der Waals surface area contributed by atoms with Gasteiger partial charge in [0, 0.05) is 12.7 Å². The van der Waals surface area contributed by atoms with E-state index in [-0.39, 0.29) is 11.3 Å². The lowest BCUT2D eigenvalue weighted by Crippen LogP contribution is -2.11. The zero-order valence-corrected chi connectivity index (χ0v) is 9.53. The summed E-state index contributed by atoms with van der Waals surface area (Å²) in [4.78, 5) is 14.8. The van der Waals surface area contributed by atoms with Crippen molar-refractivity contribution >= 4 is 17.5 Å². The topological polar surface area (TPSA) is 88.2 Å². The monoisotopic (exact) mass is 223 g/mol. The highest BCUT2D eigenvalue weighted by Gasteiger charge is 2.11. The van der Waals surface area contributed by atoms with Gasteiger partial charge in [-0.15, -0.1) is 0 Å². The molecule has 0 aliphatic heterocycles. The van der Waals surface area contributed by atoms with Gasteiger partial charge in [-0.05, 0) is 18.4 Å². The van der Waals surface area contributed by atoms with Crippen molar-refractivity contribution in [1.29, 1.82) is 0 Å². The number of nitrogens with two attached hydrogens (primary N) is 1. The van der Waals surface area contributed by atoms with Crippen LogP contribution in [0.1, 0.15) is 30.6 Å². The minimum absolute atomic E-state index is 0.0852. The summed E-state index contributed by atoms with van der Waals surface area (Å²) >= 11 is 0. The first-order chi connectivity index (χ1) is 7.52. The number of hydrogen-bond donors (Lipinski definition) is 3. The predicted octanol–water partition coefficient (Wildman–Crippen LogP) is 1.82. The Balaban J connectivity index is 2.73. The molecule has 0 aliphatic carbocycles. The predicted molar refractivity (Wildman–Crippen MR) is 63.6 cm³/mol. The molecule has 0 saturated carbocycles. The minimum Gasteiger partial charge on any atom is -0.478 e. The van der Waals surface area contributed by atoms with Crippen LogP contribution in [0, 0.1) is 5.92 Å². The van der Waals surface area contributed by atoms with Crippen LogP contribution in [0.5, 0.6) is 0 Å². The highest BCUT2D eigenvalue weighted by molar-refractivity contribution is 5.96. The van der Waals surface area contributed by atoms with Crippen molar-refractivity contribution in [2.75, 3.05) is 17.6 Å². The molecule has 1 aromatic heterocycles. The number of aromatic nitrogens is 1. The molecule has 0 aliphatic rings. The van der Waals surface area contributed by atoms with E-state index in [1.165, 1.54) is 12.3 Å². The van der Waals surface area contributed by atoms with Crippen LogP contribution in [0.15, 0.2) is 12.3 Å². The number of aromatic carboxylic acids is 1. The molecule has 0 amide bonds. The maximum atomic E-state index is 10.8. The quantitative estimate of drug-likeness (QED) is 0.708. The molecule has 5 heteroatoms. The maximum Gasteiger partial charge on any atom is 0.337 e. The summed E-state index contributed by atoms with van der Waals surface area (Å²) in [6.45, 7) is 4.97. The van der Waals surface area contributed by atoms with E-state index in [4.69, 9.17) is 10.8 Å². The molecule has 0 atom stereocenters. The summed E-state index contributed by atoms with van der Waals surface area (Å²) in [5, 5.41) is 11.9. The van der Waals surface area contributed by atoms with E-state index >= 15 is 0 Å². The third-order valence-corrected chi connectivity index (χ3v) is 2.23. The molecule has 0 spiro atoms. The van der Waals surface area contributed by atoms with Crippen molar-refractivity contribution in [2.45, 2.75) is 20.3 Å². The number of carboxylic acids is 1. The first kappa shape index (κ1) is 12.3. The van der Waals surface area contributed by atoms with Gasteiger partial charge < -0.3 is 16.2 Å². The Morgan fingerprint density at radius 2 is 2.31 bits per heavy atom. The zero-order chi connectivity index (χ0) is 12.1. The van der Waals surface area contributed by atoms with Crippen LogP contribution in [-0.2, 0) is 0 Å². The largest absolute Gasteiger partial charge is 0.478 e. The Bertz CT molecular complexity index is 377. The van der Waals surface area contributed by atoms with Gasteiger partial charge in [-0.2, -0.15) is 0 Å². The normalized spacial score (nSPS) is 10.4. The van der Waals surface area contributed by atoms with Crippen molar-refractivity contribution in [1.82, 2.24) is 4.98 Å². The van der Waals surface area contributed by atoms with E-state index in [1.54, 1.807) is 0 Å². The van der Waals surface area contributed by atoms with Gasteiger partial charge in [-0.3, -0.25) is 0 Å². The van der Waals surface area contributed by atoms with Crippen LogP contribution >= 0.6 is 0 Å². The molecule has 0 unspecified atom stereocenters. The van der Waals surface area contributed by atoms with Crippen molar-refractivity contribution in [3.05, 3.63) is 17.8 Å². The van der Waals surface area contributed by atoms with E-state index in [1.807, 2.05) is 0 Å². The van der Waals surface area contributed by atoms with Gasteiger partial charge in [-0.25, -0.2) is 9.78 Å². The number of hydrogen-bond acceptors (Lipinski definition) is 4. The third-order valence-electron chi connectivity index (χ3n) is 2.23. The lowest BCUT2D eigenvalue weighted by Gasteiger charge is -2.10. The molecule has 0 saturated heterocycles. The number of nitrogens with one attached hydrogen (secondary N) is 1. The van der Waals surface area contributed by atoms with E-state index < -0.39 is 5.97 Å². The number of nitrogen functional groups attached to an aromatic ring is 1. The number of carboxylic acid groups (broad SMARTS) is 1. The highest BCUT2D eigenvalue weighted by Crippen LogP contribution is 2.19. The van der Waals surface area contributed by atoms with E-state index in [9.17, 15) is 4.79 Å². The lowest BCUT2D eigenvalue weighted by atomic mass is 10.1. The SMILES string of the molecule is CC(C)CCNc1nccc(C(=O)O)c1N. The molecule has 0 aromatic carbocycles.